The van der Waals surface area contributed by atoms with Gasteiger partial charge in [-0.15, -0.1) is 11.8 Å². The van der Waals surface area contributed by atoms with Crippen LogP contribution in [0.25, 0.3) is 10.9 Å². The molecule has 0 N–H and O–H groups in total. The molecule has 1 aromatic heterocycles. The summed E-state index contributed by atoms with van der Waals surface area (Å²) in [6.07, 6.45) is 3.50. The van der Waals surface area contributed by atoms with E-state index in [1.165, 1.54) is 10.1 Å². The van der Waals surface area contributed by atoms with Crippen molar-refractivity contribution in [2.75, 3.05) is 6.61 Å². The first kappa shape index (κ1) is 20.5. The number of fused-ring (bicyclic) bond motifs is 3. The molecule has 1 aromatic carbocycles. The second-order valence-corrected chi connectivity index (χ2v) is 10.5. The van der Waals surface area contributed by atoms with E-state index in [4.69, 9.17) is 9.47 Å². The van der Waals surface area contributed by atoms with E-state index < -0.39 is 17.7 Å². The first-order chi connectivity index (χ1) is 13.7. The maximum Gasteiger partial charge on any atom is 0.419 e. The lowest BCUT2D eigenvalue weighted by atomic mass is 9.93. The highest BCUT2D eigenvalue weighted by Gasteiger charge is 2.37. The number of allylic oxidation sites excluding steroid dienone is 1. The van der Waals surface area contributed by atoms with Gasteiger partial charge in [-0.05, 0) is 63.6 Å². The number of aromatic nitrogens is 1. The number of benzene rings is 1. The van der Waals surface area contributed by atoms with E-state index in [0.29, 0.717) is 16.3 Å². The monoisotopic (exact) mass is 477 g/mol. The van der Waals surface area contributed by atoms with Crippen LogP contribution in [0.3, 0.4) is 0 Å². The van der Waals surface area contributed by atoms with Crippen molar-refractivity contribution in [2.45, 2.75) is 57.3 Å². The Balaban J connectivity index is 1.93. The molecule has 4 rings (SSSR count). The molecule has 2 bridgehead atoms. The Morgan fingerprint density at radius 3 is 2.66 bits per heavy atom. The Kier molecular flexibility index (Phi) is 5.32. The van der Waals surface area contributed by atoms with Crippen LogP contribution < -0.4 is 0 Å². The topological polar surface area (TPSA) is 57.5 Å². The van der Waals surface area contributed by atoms with Gasteiger partial charge in [-0.2, -0.15) is 0 Å². The molecular weight excluding hydrogens is 454 g/mol. The van der Waals surface area contributed by atoms with Crippen molar-refractivity contribution in [3.63, 3.8) is 0 Å². The van der Waals surface area contributed by atoms with Gasteiger partial charge >= 0.3 is 12.1 Å². The van der Waals surface area contributed by atoms with Gasteiger partial charge in [-0.3, -0.25) is 4.57 Å². The zero-order valence-corrected chi connectivity index (χ0v) is 19.4. The highest BCUT2D eigenvalue weighted by atomic mass is 79.9. The molecule has 1 fully saturated rings. The number of carbonyl (C=O) groups is 2. The lowest BCUT2D eigenvalue weighted by Crippen LogP contribution is -2.27. The molecule has 5 nitrogen and oxygen atoms in total. The van der Waals surface area contributed by atoms with Crippen LogP contribution in [0.15, 0.2) is 33.8 Å². The van der Waals surface area contributed by atoms with Gasteiger partial charge in [0.1, 0.15) is 5.60 Å². The standard InChI is InChI=1S/C22H24BrNO4S/c1-5-27-20(25)17-8-13(23)7-16-18(15-9-14-6-12(15)11-29-14)10-24(19(16)17)21(26)28-22(2,3)4/h7-8,10-11,14-15H,5-6,9H2,1-4H3. The van der Waals surface area contributed by atoms with Gasteiger partial charge in [0, 0.05) is 27.2 Å². The lowest BCUT2D eigenvalue weighted by molar-refractivity contribution is 0.0527. The fourth-order valence-electron chi connectivity index (χ4n) is 4.10. The summed E-state index contributed by atoms with van der Waals surface area (Å²) in [6.45, 7) is 7.53. The zero-order valence-electron chi connectivity index (χ0n) is 17.0. The van der Waals surface area contributed by atoms with Gasteiger partial charge < -0.3 is 9.47 Å². The Labute approximate surface area is 182 Å². The third kappa shape index (κ3) is 3.87. The average molecular weight is 478 g/mol. The maximum absolute atomic E-state index is 13.0. The summed E-state index contributed by atoms with van der Waals surface area (Å²) in [7, 11) is 0. The van der Waals surface area contributed by atoms with Gasteiger partial charge in [-0.25, -0.2) is 9.59 Å². The van der Waals surface area contributed by atoms with Crippen molar-refractivity contribution < 1.29 is 19.1 Å². The number of thioether (sulfide) groups is 1. The van der Waals surface area contributed by atoms with Crippen molar-refractivity contribution in [1.82, 2.24) is 4.57 Å². The predicted molar refractivity (Wildman–Crippen MR) is 119 cm³/mol. The maximum atomic E-state index is 13.0. The molecule has 1 aliphatic heterocycles. The Morgan fingerprint density at radius 2 is 2.07 bits per heavy atom. The van der Waals surface area contributed by atoms with Crippen LogP contribution in [0, 0.1) is 0 Å². The summed E-state index contributed by atoms with van der Waals surface area (Å²) in [5, 5.41) is 3.74. The third-order valence-electron chi connectivity index (χ3n) is 5.18. The van der Waals surface area contributed by atoms with Crippen LogP contribution >= 0.6 is 27.7 Å². The number of halogens is 1. The first-order valence-corrected chi connectivity index (χ1v) is 11.5. The highest BCUT2D eigenvalue weighted by molar-refractivity contribution is 9.10. The molecule has 2 aliphatic rings. The predicted octanol–water partition coefficient (Wildman–Crippen LogP) is 6.24. The fraction of sp³-hybridized carbons (Fsp3) is 0.455. The van der Waals surface area contributed by atoms with E-state index in [-0.39, 0.29) is 12.5 Å². The molecule has 0 spiro atoms. The van der Waals surface area contributed by atoms with Crippen LogP contribution in [0.2, 0.25) is 0 Å². The Bertz CT molecular complexity index is 1030. The summed E-state index contributed by atoms with van der Waals surface area (Å²) < 4.78 is 13.2. The van der Waals surface area contributed by atoms with Crippen molar-refractivity contribution >= 4 is 50.7 Å². The zero-order chi connectivity index (χ0) is 20.9. The number of hydrogen-bond acceptors (Lipinski definition) is 5. The highest BCUT2D eigenvalue weighted by Crippen LogP contribution is 2.52. The van der Waals surface area contributed by atoms with E-state index in [1.54, 1.807) is 13.0 Å². The fourth-order valence-corrected chi connectivity index (χ4v) is 5.77. The van der Waals surface area contributed by atoms with Crippen molar-refractivity contribution in [2.24, 2.45) is 0 Å². The van der Waals surface area contributed by atoms with Crippen LogP contribution in [-0.2, 0) is 9.47 Å². The number of ether oxygens (including phenoxy) is 2. The van der Waals surface area contributed by atoms with Crippen LogP contribution in [-0.4, -0.2) is 34.1 Å². The smallest absolute Gasteiger partial charge is 0.419 e. The molecule has 7 heteroatoms. The summed E-state index contributed by atoms with van der Waals surface area (Å²) in [4.78, 5) is 25.7. The average Bonchev–Trinajstić information content (AvgIpc) is 3.33. The number of rotatable bonds is 3. The van der Waals surface area contributed by atoms with E-state index in [9.17, 15) is 9.59 Å². The molecule has 29 heavy (non-hydrogen) atoms. The Morgan fingerprint density at radius 1 is 1.31 bits per heavy atom. The molecule has 0 saturated heterocycles. The van der Waals surface area contributed by atoms with E-state index in [0.717, 1.165) is 28.3 Å². The first-order valence-electron chi connectivity index (χ1n) is 9.77. The largest absolute Gasteiger partial charge is 0.462 e. The second kappa shape index (κ2) is 7.51. The lowest BCUT2D eigenvalue weighted by Gasteiger charge is -2.20. The molecule has 2 heterocycles. The van der Waals surface area contributed by atoms with Gasteiger partial charge in [0.25, 0.3) is 0 Å². The van der Waals surface area contributed by atoms with E-state index >= 15 is 0 Å². The van der Waals surface area contributed by atoms with E-state index in [1.807, 2.05) is 44.8 Å². The number of nitrogens with zero attached hydrogens (tertiary/aromatic N) is 1. The SMILES string of the molecule is CCOC(=O)c1cc(Br)cc2c(C3CC4CC3=CS4)cn(C(=O)OC(C)(C)C)c12. The summed E-state index contributed by atoms with van der Waals surface area (Å²) in [5.41, 5.74) is 2.73. The molecule has 2 atom stereocenters. The van der Waals surface area contributed by atoms with Crippen LogP contribution in [0.1, 0.15) is 62.4 Å². The number of esters is 1. The minimum Gasteiger partial charge on any atom is -0.462 e. The van der Waals surface area contributed by atoms with Crippen molar-refractivity contribution in [3.8, 4) is 0 Å². The molecule has 0 amide bonds. The summed E-state index contributed by atoms with van der Waals surface area (Å²) >= 11 is 5.42. The molecule has 2 unspecified atom stereocenters. The molecular formula is C22H24BrNO4S. The minimum atomic E-state index is -0.640. The van der Waals surface area contributed by atoms with Crippen LogP contribution in [0.5, 0.6) is 0 Å². The molecule has 1 saturated carbocycles. The summed E-state index contributed by atoms with van der Waals surface area (Å²) in [5.74, 6) is -0.187. The quantitative estimate of drug-likeness (QED) is 0.489. The second-order valence-electron chi connectivity index (χ2n) is 8.45. The minimum absolute atomic E-state index is 0.261. The number of hydrogen-bond donors (Lipinski definition) is 0. The van der Waals surface area contributed by atoms with Crippen LogP contribution in [0.4, 0.5) is 4.79 Å². The van der Waals surface area contributed by atoms with Gasteiger partial charge in [0.05, 0.1) is 17.7 Å². The Hall–Kier alpha value is -1.73. The van der Waals surface area contributed by atoms with Crippen molar-refractivity contribution in [3.05, 3.63) is 44.9 Å². The normalized spacial score (nSPS) is 20.8. The van der Waals surface area contributed by atoms with Gasteiger partial charge in [0.15, 0.2) is 0 Å². The third-order valence-corrected chi connectivity index (χ3v) is 6.82. The van der Waals surface area contributed by atoms with Gasteiger partial charge in [-0.1, -0.05) is 21.5 Å². The molecule has 0 radical (unpaired) electrons. The molecule has 154 valence electrons. The van der Waals surface area contributed by atoms with Crippen molar-refractivity contribution in [1.29, 1.82) is 0 Å². The molecule has 2 aromatic rings. The van der Waals surface area contributed by atoms with Gasteiger partial charge in [0.2, 0.25) is 0 Å². The van der Waals surface area contributed by atoms with E-state index in [2.05, 4.69) is 21.3 Å². The molecule has 1 aliphatic carbocycles. The summed E-state index contributed by atoms with van der Waals surface area (Å²) in [6, 6.07) is 3.69. The number of carbonyl (C=O) groups excluding carboxylic acids is 2.